The lowest BCUT2D eigenvalue weighted by Crippen LogP contribution is -2.24. The Morgan fingerprint density at radius 2 is 2.00 bits per heavy atom. The Morgan fingerprint density at radius 1 is 1.29 bits per heavy atom. The highest BCUT2D eigenvalue weighted by Gasteiger charge is 2.22. The van der Waals surface area contributed by atoms with Crippen LogP contribution in [0, 0.1) is 19.7 Å². The number of rotatable bonds is 3. The summed E-state index contributed by atoms with van der Waals surface area (Å²) in [4.78, 5) is 1.50. The second kappa shape index (κ2) is 6.19. The minimum Gasteiger partial charge on any atom is -0.306 e. The van der Waals surface area contributed by atoms with Crippen molar-refractivity contribution in [2.24, 2.45) is 0 Å². The Morgan fingerprint density at radius 3 is 2.71 bits per heavy atom. The SMILES string of the molecule is Cc1cc(CNC2CCCc3sc(Br)cc32)cc(C)c1F. The van der Waals surface area contributed by atoms with Crippen LogP contribution in [0.15, 0.2) is 22.0 Å². The van der Waals surface area contributed by atoms with Crippen LogP contribution >= 0.6 is 27.3 Å². The highest BCUT2D eigenvalue weighted by atomic mass is 79.9. The third-order valence-corrected chi connectivity index (χ3v) is 5.85. The van der Waals surface area contributed by atoms with Crippen LogP contribution in [0.1, 0.15) is 46.0 Å². The Labute approximate surface area is 137 Å². The number of hydrogen-bond acceptors (Lipinski definition) is 2. The van der Waals surface area contributed by atoms with Gasteiger partial charge in [-0.3, -0.25) is 0 Å². The molecule has 1 unspecified atom stereocenters. The molecular formula is C17H19BrFNS. The lowest BCUT2D eigenvalue weighted by Gasteiger charge is -2.24. The number of aryl methyl sites for hydroxylation is 3. The number of fused-ring (bicyclic) bond motifs is 1. The van der Waals surface area contributed by atoms with Crippen LogP contribution in [-0.4, -0.2) is 0 Å². The van der Waals surface area contributed by atoms with E-state index in [1.165, 1.54) is 33.5 Å². The van der Waals surface area contributed by atoms with E-state index in [9.17, 15) is 4.39 Å². The zero-order valence-corrected chi connectivity index (χ0v) is 14.7. The van der Waals surface area contributed by atoms with Gasteiger partial charge in [-0.2, -0.15) is 0 Å². The molecule has 112 valence electrons. The lowest BCUT2D eigenvalue weighted by atomic mass is 9.94. The Bertz CT molecular complexity index is 642. The fourth-order valence-electron chi connectivity index (χ4n) is 3.11. The summed E-state index contributed by atoms with van der Waals surface area (Å²) >= 11 is 5.44. The largest absolute Gasteiger partial charge is 0.306 e. The van der Waals surface area contributed by atoms with Gasteiger partial charge in [-0.15, -0.1) is 11.3 Å². The number of halogens is 2. The third-order valence-electron chi connectivity index (χ3n) is 4.13. The first-order valence-electron chi connectivity index (χ1n) is 7.31. The summed E-state index contributed by atoms with van der Waals surface area (Å²) in [6.07, 6.45) is 3.60. The van der Waals surface area contributed by atoms with Gasteiger partial charge in [0.1, 0.15) is 5.82 Å². The standard InChI is InChI=1S/C17H19BrFNS/c1-10-6-12(7-11(2)17(10)19)9-20-14-4-3-5-15-13(14)8-16(18)21-15/h6-8,14,20H,3-5,9H2,1-2H3. The smallest absolute Gasteiger partial charge is 0.129 e. The van der Waals surface area contributed by atoms with Gasteiger partial charge in [-0.25, -0.2) is 4.39 Å². The van der Waals surface area contributed by atoms with Crippen LogP contribution in [0.3, 0.4) is 0 Å². The molecule has 0 amide bonds. The molecule has 1 aromatic carbocycles. The van der Waals surface area contributed by atoms with Crippen molar-refractivity contribution >= 4 is 27.3 Å². The maximum Gasteiger partial charge on any atom is 0.129 e. The van der Waals surface area contributed by atoms with Crippen molar-refractivity contribution < 1.29 is 4.39 Å². The minimum absolute atomic E-state index is 0.0829. The molecule has 0 radical (unpaired) electrons. The van der Waals surface area contributed by atoms with Crippen LogP contribution in [0.2, 0.25) is 0 Å². The van der Waals surface area contributed by atoms with E-state index >= 15 is 0 Å². The molecule has 1 atom stereocenters. The predicted octanol–water partition coefficient (Wildman–Crippen LogP) is 5.43. The molecule has 1 heterocycles. The number of thiophene rings is 1. The fourth-order valence-corrected chi connectivity index (χ4v) is 4.93. The van der Waals surface area contributed by atoms with Gasteiger partial charge >= 0.3 is 0 Å². The first-order chi connectivity index (χ1) is 10.0. The van der Waals surface area contributed by atoms with Crippen LogP contribution in [0.25, 0.3) is 0 Å². The van der Waals surface area contributed by atoms with Gasteiger partial charge < -0.3 is 5.32 Å². The molecule has 21 heavy (non-hydrogen) atoms. The second-order valence-electron chi connectivity index (χ2n) is 5.80. The van der Waals surface area contributed by atoms with E-state index in [0.29, 0.717) is 6.04 Å². The predicted molar refractivity (Wildman–Crippen MR) is 90.4 cm³/mol. The summed E-state index contributed by atoms with van der Waals surface area (Å²) in [6.45, 7) is 4.46. The highest BCUT2D eigenvalue weighted by Crippen LogP contribution is 2.38. The van der Waals surface area contributed by atoms with Gasteiger partial charge in [0.25, 0.3) is 0 Å². The third kappa shape index (κ3) is 3.22. The van der Waals surface area contributed by atoms with Gasteiger partial charge in [-0.1, -0.05) is 12.1 Å². The Hall–Kier alpha value is -0.710. The number of hydrogen-bond donors (Lipinski definition) is 1. The minimum atomic E-state index is -0.0829. The van der Waals surface area contributed by atoms with E-state index in [2.05, 4.69) is 27.3 Å². The van der Waals surface area contributed by atoms with E-state index in [1.54, 1.807) is 0 Å². The zero-order chi connectivity index (χ0) is 15.0. The molecule has 1 N–H and O–H groups in total. The molecule has 2 aromatic rings. The normalized spacial score (nSPS) is 17.8. The first kappa shape index (κ1) is 15.2. The van der Waals surface area contributed by atoms with Gasteiger partial charge in [0.05, 0.1) is 3.79 Å². The molecule has 0 saturated heterocycles. The second-order valence-corrected chi connectivity index (χ2v) is 8.31. The summed E-state index contributed by atoms with van der Waals surface area (Å²) in [5, 5.41) is 3.64. The van der Waals surface area contributed by atoms with Crippen molar-refractivity contribution in [3.8, 4) is 0 Å². The van der Waals surface area contributed by atoms with E-state index in [1.807, 2.05) is 37.3 Å². The van der Waals surface area contributed by atoms with Crippen molar-refractivity contribution in [2.75, 3.05) is 0 Å². The van der Waals surface area contributed by atoms with Crippen molar-refractivity contribution in [3.05, 3.63) is 54.9 Å². The van der Waals surface area contributed by atoms with Crippen molar-refractivity contribution in [3.63, 3.8) is 0 Å². The molecule has 1 aliphatic rings. The number of nitrogens with one attached hydrogen (secondary N) is 1. The molecule has 0 aliphatic heterocycles. The van der Waals surface area contributed by atoms with Gasteiger partial charge in [0, 0.05) is 17.5 Å². The molecule has 1 aromatic heterocycles. The van der Waals surface area contributed by atoms with Gasteiger partial charge in [-0.05, 0) is 77.4 Å². The summed E-state index contributed by atoms with van der Waals surface area (Å²) in [5.74, 6) is -0.0829. The molecule has 0 saturated carbocycles. The topological polar surface area (TPSA) is 12.0 Å². The van der Waals surface area contributed by atoms with E-state index < -0.39 is 0 Å². The lowest BCUT2D eigenvalue weighted by molar-refractivity contribution is 0.462. The maximum atomic E-state index is 13.7. The molecule has 4 heteroatoms. The summed E-state index contributed by atoms with van der Waals surface area (Å²) < 4.78 is 14.9. The van der Waals surface area contributed by atoms with Crippen molar-refractivity contribution in [1.82, 2.24) is 5.32 Å². The molecule has 1 nitrogen and oxygen atoms in total. The molecule has 0 spiro atoms. The molecule has 0 bridgehead atoms. The van der Waals surface area contributed by atoms with Gasteiger partial charge in [0.15, 0.2) is 0 Å². The summed E-state index contributed by atoms with van der Waals surface area (Å²) in [5.41, 5.74) is 4.06. The monoisotopic (exact) mass is 367 g/mol. The number of benzene rings is 1. The maximum absolute atomic E-state index is 13.7. The highest BCUT2D eigenvalue weighted by molar-refractivity contribution is 9.11. The van der Waals surface area contributed by atoms with Crippen LogP contribution in [0.5, 0.6) is 0 Å². The Balaban J connectivity index is 1.74. The van der Waals surface area contributed by atoms with E-state index in [-0.39, 0.29) is 5.82 Å². The van der Waals surface area contributed by atoms with Crippen LogP contribution < -0.4 is 5.32 Å². The first-order valence-corrected chi connectivity index (χ1v) is 8.92. The molecule has 0 fully saturated rings. The molecular weight excluding hydrogens is 349 g/mol. The van der Waals surface area contributed by atoms with Crippen LogP contribution in [-0.2, 0) is 13.0 Å². The average Bonchev–Trinajstić information content (AvgIpc) is 2.83. The van der Waals surface area contributed by atoms with Crippen molar-refractivity contribution in [1.29, 1.82) is 0 Å². The zero-order valence-electron chi connectivity index (χ0n) is 12.3. The quantitative estimate of drug-likeness (QED) is 0.761. The van der Waals surface area contributed by atoms with Crippen LogP contribution in [0.4, 0.5) is 4.39 Å². The summed E-state index contributed by atoms with van der Waals surface area (Å²) in [7, 11) is 0. The Kier molecular flexibility index (Phi) is 4.48. The fraction of sp³-hybridized carbons (Fsp3) is 0.412. The van der Waals surface area contributed by atoms with Gasteiger partial charge in [0.2, 0.25) is 0 Å². The van der Waals surface area contributed by atoms with E-state index in [4.69, 9.17) is 0 Å². The summed E-state index contributed by atoms with van der Waals surface area (Å²) in [6, 6.07) is 6.56. The average molecular weight is 368 g/mol. The molecule has 1 aliphatic carbocycles. The van der Waals surface area contributed by atoms with Crippen molar-refractivity contribution in [2.45, 2.75) is 45.7 Å². The molecule has 3 rings (SSSR count). The van der Waals surface area contributed by atoms with E-state index in [0.717, 1.165) is 23.2 Å².